The van der Waals surface area contributed by atoms with Crippen LogP contribution < -0.4 is 4.74 Å². The van der Waals surface area contributed by atoms with Crippen LogP contribution >= 0.6 is 15.9 Å². The fourth-order valence-electron chi connectivity index (χ4n) is 1.51. The third kappa shape index (κ3) is 3.30. The highest BCUT2D eigenvalue weighted by molar-refractivity contribution is 9.10. The van der Waals surface area contributed by atoms with Crippen LogP contribution in [0.2, 0.25) is 0 Å². The van der Waals surface area contributed by atoms with E-state index >= 15 is 0 Å². The maximum absolute atomic E-state index is 13.4. The zero-order valence-electron chi connectivity index (χ0n) is 9.41. The van der Waals surface area contributed by atoms with E-state index in [2.05, 4.69) is 15.9 Å². The van der Waals surface area contributed by atoms with E-state index in [0.717, 1.165) is 15.6 Å². The number of hydrogen-bond acceptors (Lipinski definition) is 1. The Morgan fingerprint density at radius 1 is 1.18 bits per heavy atom. The van der Waals surface area contributed by atoms with Crippen molar-refractivity contribution in [1.82, 2.24) is 0 Å². The lowest BCUT2D eigenvalue weighted by atomic mass is 10.2. The summed E-state index contributed by atoms with van der Waals surface area (Å²) in [6.45, 7) is 2.27. The van der Waals surface area contributed by atoms with Crippen LogP contribution in [0.5, 0.6) is 5.75 Å². The predicted molar refractivity (Wildman–Crippen MR) is 69.6 cm³/mol. The molecule has 0 spiro atoms. The van der Waals surface area contributed by atoms with Crippen molar-refractivity contribution >= 4 is 15.9 Å². The highest BCUT2D eigenvalue weighted by Gasteiger charge is 2.03. The van der Waals surface area contributed by atoms with Crippen molar-refractivity contribution in [2.75, 3.05) is 0 Å². The molecule has 0 unspecified atom stereocenters. The number of rotatable bonds is 3. The van der Waals surface area contributed by atoms with Crippen molar-refractivity contribution in [3.63, 3.8) is 0 Å². The van der Waals surface area contributed by atoms with Crippen LogP contribution in [0, 0.1) is 12.7 Å². The van der Waals surface area contributed by atoms with Gasteiger partial charge in [0.05, 0.1) is 0 Å². The number of benzene rings is 2. The van der Waals surface area contributed by atoms with E-state index in [1.165, 1.54) is 6.07 Å². The normalized spacial score (nSPS) is 10.3. The van der Waals surface area contributed by atoms with Gasteiger partial charge in [-0.3, -0.25) is 0 Å². The van der Waals surface area contributed by atoms with E-state index in [9.17, 15) is 4.39 Å². The summed E-state index contributed by atoms with van der Waals surface area (Å²) in [5.41, 5.74) is 1.98. The first-order chi connectivity index (χ1) is 8.15. The largest absolute Gasteiger partial charge is 0.486 e. The van der Waals surface area contributed by atoms with Crippen LogP contribution in [-0.2, 0) is 6.61 Å². The lowest BCUT2D eigenvalue weighted by Crippen LogP contribution is -1.97. The maximum atomic E-state index is 13.4. The molecule has 0 atom stereocenters. The second kappa shape index (κ2) is 5.32. The third-order valence-corrected chi connectivity index (χ3v) is 2.86. The Morgan fingerprint density at radius 3 is 2.76 bits per heavy atom. The highest BCUT2D eigenvalue weighted by atomic mass is 79.9. The number of aryl methyl sites for hydroxylation is 1. The van der Waals surface area contributed by atoms with Crippen LogP contribution in [-0.4, -0.2) is 0 Å². The molecule has 2 aromatic carbocycles. The Morgan fingerprint density at radius 2 is 2.00 bits per heavy atom. The summed E-state index contributed by atoms with van der Waals surface area (Å²) in [6.07, 6.45) is 0. The van der Waals surface area contributed by atoms with Crippen LogP contribution in [0.1, 0.15) is 11.1 Å². The van der Waals surface area contributed by atoms with Gasteiger partial charge in [-0.25, -0.2) is 4.39 Å². The van der Waals surface area contributed by atoms with Crippen molar-refractivity contribution in [1.29, 1.82) is 0 Å². The minimum absolute atomic E-state index is 0.296. The topological polar surface area (TPSA) is 9.23 Å². The molecule has 2 rings (SSSR count). The van der Waals surface area contributed by atoms with E-state index in [-0.39, 0.29) is 5.82 Å². The summed E-state index contributed by atoms with van der Waals surface area (Å²) in [7, 11) is 0. The molecule has 3 heteroatoms. The Hall–Kier alpha value is -1.35. The van der Waals surface area contributed by atoms with Crippen LogP contribution in [0.15, 0.2) is 46.9 Å². The van der Waals surface area contributed by atoms with Crippen molar-refractivity contribution in [2.24, 2.45) is 0 Å². The smallest absolute Gasteiger partial charge is 0.165 e. The van der Waals surface area contributed by atoms with Gasteiger partial charge in [0.2, 0.25) is 0 Å². The number of ether oxygens (including phenoxy) is 1. The van der Waals surface area contributed by atoms with Gasteiger partial charge in [-0.15, -0.1) is 0 Å². The molecule has 2 aromatic rings. The summed E-state index contributed by atoms with van der Waals surface area (Å²) in [5.74, 6) is -0.0319. The molecule has 0 heterocycles. The van der Waals surface area contributed by atoms with E-state index in [0.29, 0.717) is 12.4 Å². The Kier molecular flexibility index (Phi) is 3.79. The van der Waals surface area contributed by atoms with Gasteiger partial charge in [0.15, 0.2) is 11.6 Å². The van der Waals surface area contributed by atoms with E-state index in [1.807, 2.05) is 31.2 Å². The highest BCUT2D eigenvalue weighted by Crippen LogP contribution is 2.20. The van der Waals surface area contributed by atoms with Crippen LogP contribution in [0.25, 0.3) is 0 Å². The molecular weight excluding hydrogens is 283 g/mol. The molecule has 0 aliphatic carbocycles. The summed E-state index contributed by atoms with van der Waals surface area (Å²) in [5, 5.41) is 0. The maximum Gasteiger partial charge on any atom is 0.165 e. The molecule has 1 nitrogen and oxygen atoms in total. The predicted octanol–water partition coefficient (Wildman–Crippen LogP) is 4.48. The monoisotopic (exact) mass is 294 g/mol. The zero-order valence-corrected chi connectivity index (χ0v) is 11.0. The molecule has 0 N–H and O–H groups in total. The van der Waals surface area contributed by atoms with Gasteiger partial charge in [0.25, 0.3) is 0 Å². The molecule has 0 aliphatic heterocycles. The van der Waals surface area contributed by atoms with Gasteiger partial charge >= 0.3 is 0 Å². The Bertz CT molecular complexity index is 525. The lowest BCUT2D eigenvalue weighted by Gasteiger charge is -2.08. The van der Waals surface area contributed by atoms with Gasteiger partial charge < -0.3 is 4.74 Å². The van der Waals surface area contributed by atoms with Crippen molar-refractivity contribution in [3.8, 4) is 5.75 Å². The lowest BCUT2D eigenvalue weighted by molar-refractivity contribution is 0.290. The molecule has 0 aromatic heterocycles. The number of halogens is 2. The molecule has 0 saturated carbocycles. The second-order valence-electron chi connectivity index (χ2n) is 3.85. The first kappa shape index (κ1) is 12.1. The second-order valence-corrected chi connectivity index (χ2v) is 4.77. The van der Waals surface area contributed by atoms with E-state index in [1.54, 1.807) is 12.1 Å². The quantitative estimate of drug-likeness (QED) is 0.811. The minimum atomic E-state index is -0.328. The first-order valence-electron chi connectivity index (χ1n) is 5.28. The fraction of sp³-hybridized carbons (Fsp3) is 0.143. The van der Waals surface area contributed by atoms with Gasteiger partial charge in [0.1, 0.15) is 6.61 Å². The third-order valence-electron chi connectivity index (χ3n) is 2.37. The molecule has 0 aliphatic rings. The Balaban J connectivity index is 2.09. The van der Waals surface area contributed by atoms with Crippen molar-refractivity contribution in [3.05, 3.63) is 63.9 Å². The van der Waals surface area contributed by atoms with E-state index in [4.69, 9.17) is 4.74 Å². The average Bonchev–Trinajstić information content (AvgIpc) is 2.30. The van der Waals surface area contributed by atoms with E-state index < -0.39 is 0 Å². The standard InChI is InChI=1S/C14H12BrFO/c1-10-5-6-13(16)14(7-10)17-9-11-3-2-4-12(15)8-11/h2-8H,9H2,1H3. The zero-order chi connectivity index (χ0) is 12.3. The summed E-state index contributed by atoms with van der Waals surface area (Å²) >= 11 is 3.38. The minimum Gasteiger partial charge on any atom is -0.486 e. The molecule has 17 heavy (non-hydrogen) atoms. The Labute approximate surface area is 108 Å². The average molecular weight is 295 g/mol. The summed E-state index contributed by atoms with van der Waals surface area (Å²) in [4.78, 5) is 0. The summed E-state index contributed by atoms with van der Waals surface area (Å²) in [6, 6.07) is 12.6. The van der Waals surface area contributed by atoms with Gasteiger partial charge in [0, 0.05) is 4.47 Å². The SMILES string of the molecule is Cc1ccc(F)c(OCc2cccc(Br)c2)c1. The molecular formula is C14H12BrFO. The fourth-order valence-corrected chi connectivity index (χ4v) is 1.96. The van der Waals surface area contributed by atoms with Crippen molar-refractivity contribution in [2.45, 2.75) is 13.5 Å². The van der Waals surface area contributed by atoms with Gasteiger partial charge in [-0.2, -0.15) is 0 Å². The molecule has 0 bridgehead atoms. The molecule has 0 saturated heterocycles. The summed E-state index contributed by atoms with van der Waals surface area (Å²) < 4.78 is 19.9. The van der Waals surface area contributed by atoms with Crippen LogP contribution in [0.3, 0.4) is 0 Å². The van der Waals surface area contributed by atoms with Gasteiger partial charge in [-0.05, 0) is 42.3 Å². The van der Waals surface area contributed by atoms with Crippen molar-refractivity contribution < 1.29 is 9.13 Å². The molecule has 88 valence electrons. The molecule has 0 fully saturated rings. The number of hydrogen-bond donors (Lipinski definition) is 0. The first-order valence-corrected chi connectivity index (χ1v) is 6.08. The molecule has 0 amide bonds. The van der Waals surface area contributed by atoms with Gasteiger partial charge in [-0.1, -0.05) is 34.1 Å². The van der Waals surface area contributed by atoms with Crippen LogP contribution in [0.4, 0.5) is 4.39 Å². The molecule has 0 radical (unpaired) electrons.